The Morgan fingerprint density at radius 1 is 0.333 bits per heavy atom. The van der Waals surface area contributed by atoms with E-state index in [0.29, 0.717) is 0 Å². The fourth-order valence-electron chi connectivity index (χ4n) is 9.92. The highest BCUT2D eigenvalue weighted by atomic mass is 16.5. The number of rotatable bonds is 0. The fraction of sp³-hybridized carbons (Fsp3) is 0.0667. The summed E-state index contributed by atoms with van der Waals surface area (Å²) in [6.45, 7) is 6.09. The van der Waals surface area contributed by atoms with Crippen LogP contribution in [0.3, 0.4) is 0 Å². The highest BCUT2D eigenvalue weighted by molar-refractivity contribution is 7.02. The Labute approximate surface area is 312 Å². The molecule has 6 aliphatic rings. The lowest BCUT2D eigenvalue weighted by Crippen LogP contribution is -2.63. The molecule has 7 aromatic rings. The summed E-state index contributed by atoms with van der Waals surface area (Å²) in [7, 11) is 0. The van der Waals surface area contributed by atoms with Crippen molar-refractivity contribution in [1.29, 1.82) is 0 Å². The molecule has 6 heterocycles. The molecule has 7 aromatic carbocycles. The van der Waals surface area contributed by atoms with Crippen LogP contribution in [0.25, 0.3) is 0 Å². The summed E-state index contributed by atoms with van der Waals surface area (Å²) < 4.78 is 33.5. The smallest absolute Gasteiger partial charge is 0.260 e. The molecule has 6 aliphatic heterocycles. The molecule has 0 radical (unpaired) electrons. The molecule has 9 heteroatoms. The number of para-hydroxylation sites is 2. The second kappa shape index (κ2) is 9.94. The lowest BCUT2D eigenvalue weighted by atomic mass is 9.30. The van der Waals surface area contributed by atoms with Crippen LogP contribution in [0.5, 0.6) is 57.5 Å². The summed E-state index contributed by atoms with van der Waals surface area (Å²) in [5, 5.41) is 3.79. The highest BCUT2D eigenvalue weighted by Gasteiger charge is 2.47. The van der Waals surface area contributed by atoms with E-state index in [4.69, 9.17) is 23.7 Å². The number of anilines is 2. The molecule has 252 valence electrons. The van der Waals surface area contributed by atoms with Crippen LogP contribution in [0.1, 0.15) is 16.7 Å². The largest absolute Gasteiger partial charge is 0.458 e. The quantitative estimate of drug-likeness (QED) is 0.232. The van der Waals surface area contributed by atoms with E-state index in [0.717, 1.165) is 124 Å². The van der Waals surface area contributed by atoms with Crippen molar-refractivity contribution < 1.29 is 23.7 Å². The Kier molecular flexibility index (Phi) is 5.34. The molecule has 0 saturated heterocycles. The summed E-state index contributed by atoms with van der Waals surface area (Å²) in [5.41, 5.74) is 15.5. The maximum Gasteiger partial charge on any atom is 0.260 e. The molecule has 54 heavy (non-hydrogen) atoms. The van der Waals surface area contributed by atoms with Gasteiger partial charge in [-0.3, -0.25) is 0 Å². The molecule has 0 aromatic heterocycles. The second-order valence-electron chi connectivity index (χ2n) is 15.5. The van der Waals surface area contributed by atoms with Crippen LogP contribution in [-0.4, -0.2) is 20.1 Å². The molecule has 13 rings (SSSR count). The van der Waals surface area contributed by atoms with Gasteiger partial charge in [0.05, 0.1) is 0 Å². The Morgan fingerprint density at radius 3 is 1.30 bits per heavy atom. The molecule has 1 N–H and O–H groups in total. The van der Waals surface area contributed by atoms with Crippen LogP contribution in [0, 0.1) is 20.8 Å². The van der Waals surface area contributed by atoms with Crippen LogP contribution in [0.2, 0.25) is 0 Å². The Balaban J connectivity index is 1.05. The monoisotopic (exact) mass is 695 g/mol. The van der Waals surface area contributed by atoms with Crippen LogP contribution in [0.4, 0.5) is 11.4 Å². The minimum atomic E-state index is -0.137. The molecule has 0 saturated carbocycles. The van der Waals surface area contributed by atoms with E-state index in [1.807, 2.05) is 12.1 Å². The summed E-state index contributed by atoms with van der Waals surface area (Å²) in [5.74, 6) is 8.42. The van der Waals surface area contributed by atoms with E-state index >= 15 is 0 Å². The number of hydrogen-bond donors (Lipinski definition) is 1. The van der Waals surface area contributed by atoms with Gasteiger partial charge in [0.15, 0.2) is 0 Å². The van der Waals surface area contributed by atoms with Gasteiger partial charge in [0.25, 0.3) is 20.1 Å². The molecule has 0 atom stereocenters. The molecule has 6 nitrogen and oxygen atoms in total. The van der Waals surface area contributed by atoms with Gasteiger partial charge >= 0.3 is 0 Å². The first-order chi connectivity index (χ1) is 26.4. The van der Waals surface area contributed by atoms with Crippen molar-refractivity contribution in [2.45, 2.75) is 20.8 Å². The van der Waals surface area contributed by atoms with Gasteiger partial charge in [-0.05, 0) is 124 Å². The molecule has 0 aliphatic carbocycles. The van der Waals surface area contributed by atoms with Gasteiger partial charge in [-0.15, -0.1) is 0 Å². The van der Waals surface area contributed by atoms with Crippen LogP contribution in [-0.2, 0) is 0 Å². The summed E-state index contributed by atoms with van der Waals surface area (Å²) in [6.07, 6.45) is 0. The van der Waals surface area contributed by atoms with E-state index < -0.39 is 0 Å². The number of benzene rings is 7. The zero-order valence-electron chi connectivity index (χ0n) is 29.7. The van der Waals surface area contributed by atoms with Gasteiger partial charge in [0.1, 0.15) is 57.5 Å². The number of fused-ring (bicyclic) bond motifs is 12. The Morgan fingerprint density at radius 2 is 0.741 bits per heavy atom. The molecule has 0 spiro atoms. The van der Waals surface area contributed by atoms with Gasteiger partial charge < -0.3 is 29.0 Å². The van der Waals surface area contributed by atoms with Gasteiger partial charge in [0.2, 0.25) is 0 Å². The van der Waals surface area contributed by atoms with Gasteiger partial charge in [-0.25, -0.2) is 0 Å². The molecule has 0 amide bonds. The van der Waals surface area contributed by atoms with E-state index in [2.05, 4.69) is 123 Å². The summed E-state index contributed by atoms with van der Waals surface area (Å²) in [4.78, 5) is 0. The lowest BCUT2D eigenvalue weighted by molar-refractivity contribution is 0.451. The lowest BCUT2D eigenvalue weighted by Gasteiger charge is -2.38. The minimum absolute atomic E-state index is 0.00523. The average Bonchev–Trinajstić information content (AvgIpc) is 3.15. The third-order valence-electron chi connectivity index (χ3n) is 12.0. The summed E-state index contributed by atoms with van der Waals surface area (Å²) in [6, 6.07) is 38.7. The highest BCUT2D eigenvalue weighted by Crippen LogP contribution is 2.41. The fourth-order valence-corrected chi connectivity index (χ4v) is 9.92. The first kappa shape index (κ1) is 29.0. The Hall–Kier alpha value is -6.47. The van der Waals surface area contributed by atoms with E-state index in [9.17, 15) is 0 Å². The van der Waals surface area contributed by atoms with Crippen molar-refractivity contribution in [3.63, 3.8) is 0 Å². The number of hydrogen-bond acceptors (Lipinski definition) is 6. The van der Waals surface area contributed by atoms with Crippen molar-refractivity contribution >= 4 is 80.7 Å². The van der Waals surface area contributed by atoms with Gasteiger partial charge in [-0.1, -0.05) is 48.5 Å². The Bertz CT molecular complexity index is 2730. The van der Waals surface area contributed by atoms with Gasteiger partial charge in [-0.2, -0.15) is 0 Å². The topological polar surface area (TPSA) is 58.2 Å². The molecule has 0 unspecified atom stereocenters. The number of nitrogens with one attached hydrogen (secondary N) is 1. The normalized spacial score (nSPS) is 14.6. The minimum Gasteiger partial charge on any atom is -0.458 e. The van der Waals surface area contributed by atoms with Gasteiger partial charge in [0, 0.05) is 34.4 Å². The number of aryl methyl sites for hydroxylation is 3. The van der Waals surface area contributed by atoms with E-state index in [1.165, 1.54) is 10.9 Å². The first-order valence-electron chi connectivity index (χ1n) is 18.6. The molecular formula is C45H28B3NO5. The zero-order valence-corrected chi connectivity index (χ0v) is 29.7. The summed E-state index contributed by atoms with van der Waals surface area (Å²) >= 11 is 0. The molecular weight excluding hydrogens is 667 g/mol. The molecule has 0 bridgehead atoms. The maximum absolute atomic E-state index is 6.87. The predicted octanol–water partition coefficient (Wildman–Crippen LogP) is 4.75. The second-order valence-corrected chi connectivity index (χ2v) is 15.5. The third kappa shape index (κ3) is 3.73. The van der Waals surface area contributed by atoms with Crippen LogP contribution < -0.4 is 78.2 Å². The number of ether oxygens (including phenoxy) is 5. The van der Waals surface area contributed by atoms with Crippen molar-refractivity contribution in [3.8, 4) is 57.5 Å². The third-order valence-corrected chi connectivity index (χ3v) is 12.0. The van der Waals surface area contributed by atoms with Crippen molar-refractivity contribution in [2.75, 3.05) is 5.32 Å². The standard InChI is InChI=1S/C45H28B3NO5/c1-22-12-32-43-38(13-22)50-33-10-6-4-8-25(33)46(43)27-18-28-35(20-31(27)49-32)52-41-16-24(3)17-42-45(41)48(28)30-19-29-36(21-37(30)54-42)53-40-15-23(2)14-39-44(40)47(29)26-9-5-7-11-34(26)51-39/h4-21,49H,1-3H3. The predicted molar refractivity (Wildman–Crippen MR) is 217 cm³/mol. The van der Waals surface area contributed by atoms with Crippen LogP contribution in [0.15, 0.2) is 109 Å². The SMILES string of the molecule is Cc1cc2c3c(c1)Oc1ccccc1B3c1cc3c(cc1N2)Oc1cc(C)cc2c1B3c1cc3c(cc1O2)Oc1cc(C)cc2c1B3c1ccccc1O2. The van der Waals surface area contributed by atoms with Crippen LogP contribution >= 0.6 is 0 Å². The van der Waals surface area contributed by atoms with E-state index in [-0.39, 0.29) is 20.1 Å². The maximum atomic E-state index is 6.87. The van der Waals surface area contributed by atoms with Crippen molar-refractivity contribution in [1.82, 2.24) is 0 Å². The van der Waals surface area contributed by atoms with Crippen molar-refractivity contribution in [3.05, 3.63) is 126 Å². The zero-order chi connectivity index (χ0) is 35.6. The average molecular weight is 695 g/mol. The van der Waals surface area contributed by atoms with Crippen molar-refractivity contribution in [2.24, 2.45) is 0 Å². The molecule has 0 fully saturated rings. The first-order valence-corrected chi connectivity index (χ1v) is 18.6. The van der Waals surface area contributed by atoms with E-state index in [1.54, 1.807) is 0 Å².